The molecule has 0 bridgehead atoms. The number of carboxylic acid groups (broad SMARTS) is 1. The molecule has 2 aromatic carbocycles. The molecule has 0 radical (unpaired) electrons. The number of ether oxygens (including phenoxy) is 1. The topological polar surface area (TPSA) is 130 Å². The van der Waals surface area contributed by atoms with Crippen molar-refractivity contribution in [1.29, 1.82) is 0 Å². The minimum Gasteiger partial charge on any atom is -0.494 e. The maximum Gasteiger partial charge on any atom is 0.303 e. The number of aliphatic carboxylic acids is 1. The van der Waals surface area contributed by atoms with Gasteiger partial charge in [-0.2, -0.15) is 4.57 Å². The second kappa shape index (κ2) is 9.27. The lowest BCUT2D eigenvalue weighted by atomic mass is 10.2. The Morgan fingerprint density at radius 1 is 1.15 bits per heavy atom. The van der Waals surface area contributed by atoms with Gasteiger partial charge in [-0.05, 0) is 18.6 Å². The van der Waals surface area contributed by atoms with Gasteiger partial charge < -0.3 is 25.2 Å². The fourth-order valence-electron chi connectivity index (χ4n) is 2.83. The summed E-state index contributed by atoms with van der Waals surface area (Å²) >= 11 is 0. The molecule has 27 heavy (non-hydrogen) atoms. The predicted octanol–water partition coefficient (Wildman–Crippen LogP) is 2.70. The molecule has 0 saturated carbocycles. The first-order valence-electron chi connectivity index (χ1n) is 8.22. The number of methoxy groups -OCH3 is 1. The number of carbonyl (C=O) groups is 1. The number of hydrogen-bond donors (Lipinski definition) is 1. The van der Waals surface area contributed by atoms with Gasteiger partial charge in [0.2, 0.25) is 11.0 Å². The third-order valence-corrected chi connectivity index (χ3v) is 3.92. The number of fused-ring (bicyclic) bond motifs is 2. The first-order valence-corrected chi connectivity index (χ1v) is 8.22. The van der Waals surface area contributed by atoms with Gasteiger partial charge in [0.05, 0.1) is 12.2 Å². The van der Waals surface area contributed by atoms with Crippen LogP contribution in [0.15, 0.2) is 42.5 Å². The zero-order valence-corrected chi connectivity index (χ0v) is 14.7. The van der Waals surface area contributed by atoms with E-state index in [-0.39, 0.29) is 6.42 Å². The van der Waals surface area contributed by atoms with E-state index in [2.05, 4.69) is 4.57 Å². The summed E-state index contributed by atoms with van der Waals surface area (Å²) in [5.74, 6) is -0.00588. The van der Waals surface area contributed by atoms with Crippen LogP contribution in [0.1, 0.15) is 19.3 Å². The quantitative estimate of drug-likeness (QED) is 0.231. The van der Waals surface area contributed by atoms with Crippen LogP contribution in [0.3, 0.4) is 0 Å². The molecule has 9 heteroatoms. The van der Waals surface area contributed by atoms with Crippen molar-refractivity contribution in [2.24, 2.45) is 0 Å². The van der Waals surface area contributed by atoms with E-state index in [4.69, 9.17) is 30.1 Å². The maximum absolute atomic E-state index is 10.7. The van der Waals surface area contributed by atoms with Crippen molar-refractivity contribution in [3.63, 3.8) is 0 Å². The first kappa shape index (κ1) is 19.8. The Morgan fingerprint density at radius 2 is 1.81 bits per heavy atom. The van der Waals surface area contributed by atoms with Crippen LogP contribution in [0.2, 0.25) is 0 Å². The molecule has 0 aliphatic carbocycles. The third kappa shape index (κ3) is 5.24. The Labute approximate surface area is 154 Å². The molecule has 3 rings (SSSR count). The van der Waals surface area contributed by atoms with Crippen LogP contribution < -0.4 is 9.30 Å². The molecule has 0 aliphatic rings. The summed E-state index contributed by atoms with van der Waals surface area (Å²) in [6.45, 7) is 0.750. The molecule has 1 N–H and O–H groups in total. The van der Waals surface area contributed by atoms with E-state index in [1.54, 1.807) is 7.11 Å². The van der Waals surface area contributed by atoms with Gasteiger partial charge in [-0.15, -0.1) is 0 Å². The zero-order valence-electron chi connectivity index (χ0n) is 14.7. The molecule has 0 amide bonds. The van der Waals surface area contributed by atoms with E-state index >= 15 is 0 Å². The summed E-state index contributed by atoms with van der Waals surface area (Å²) in [4.78, 5) is 23.7. The fourth-order valence-corrected chi connectivity index (χ4v) is 2.83. The number of para-hydroxylation sites is 3. The SMILES string of the molecule is COc1cccc2c1nc1ccccc1[n+]2CCCCC(=O)O.O=[N+]([O-])[O-]. The molecule has 9 nitrogen and oxygen atoms in total. The van der Waals surface area contributed by atoms with Crippen molar-refractivity contribution < 1.29 is 24.3 Å². The second-order valence-corrected chi connectivity index (χ2v) is 5.65. The molecule has 0 unspecified atom stereocenters. The van der Waals surface area contributed by atoms with Crippen LogP contribution in [-0.2, 0) is 11.3 Å². The van der Waals surface area contributed by atoms with Gasteiger partial charge in [-0.1, -0.05) is 18.2 Å². The van der Waals surface area contributed by atoms with Gasteiger partial charge >= 0.3 is 5.97 Å². The summed E-state index contributed by atoms with van der Waals surface area (Å²) in [5, 5.41) is 23.5. The lowest BCUT2D eigenvalue weighted by Gasteiger charge is -2.07. The van der Waals surface area contributed by atoms with Crippen LogP contribution >= 0.6 is 0 Å². The smallest absolute Gasteiger partial charge is 0.303 e. The highest BCUT2D eigenvalue weighted by atomic mass is 16.9. The summed E-state index contributed by atoms with van der Waals surface area (Å²) in [6.07, 6.45) is 1.66. The van der Waals surface area contributed by atoms with Crippen molar-refractivity contribution in [1.82, 2.24) is 4.98 Å². The molecule has 0 aliphatic heterocycles. The van der Waals surface area contributed by atoms with Gasteiger partial charge in [0.15, 0.2) is 11.3 Å². The van der Waals surface area contributed by atoms with Crippen LogP contribution in [-0.4, -0.2) is 28.3 Å². The van der Waals surface area contributed by atoms with E-state index in [0.717, 1.165) is 40.8 Å². The lowest BCUT2D eigenvalue weighted by molar-refractivity contribution is -0.646. The summed E-state index contributed by atoms with van der Waals surface area (Å²) in [6, 6.07) is 13.8. The Morgan fingerprint density at radius 3 is 2.48 bits per heavy atom. The summed E-state index contributed by atoms with van der Waals surface area (Å²) < 4.78 is 7.63. The van der Waals surface area contributed by atoms with Crippen molar-refractivity contribution >= 4 is 28.0 Å². The van der Waals surface area contributed by atoms with Gasteiger partial charge in [0.1, 0.15) is 12.1 Å². The Hall–Kier alpha value is -3.49. The van der Waals surface area contributed by atoms with E-state index in [9.17, 15) is 4.79 Å². The molecule has 3 aromatic rings. The maximum atomic E-state index is 10.7. The largest absolute Gasteiger partial charge is 0.494 e. The number of rotatable bonds is 6. The van der Waals surface area contributed by atoms with Crippen molar-refractivity contribution in [3.8, 4) is 5.75 Å². The van der Waals surface area contributed by atoms with E-state index in [0.29, 0.717) is 6.42 Å². The van der Waals surface area contributed by atoms with Crippen LogP contribution in [0.5, 0.6) is 5.75 Å². The summed E-state index contributed by atoms with van der Waals surface area (Å²) in [5.41, 5.74) is 3.77. The standard InChI is InChI=1S/C18H18N2O3.NO3/c1-23-16-10-6-9-15-18(16)19-13-7-2-3-8-14(13)20(15)12-5-4-11-17(21)22;2-1(3)4/h2-3,6-10H,4-5,11-12H2,1H3;/q;-1/p+1. The van der Waals surface area contributed by atoms with Gasteiger partial charge in [-0.3, -0.25) is 4.79 Å². The highest BCUT2D eigenvalue weighted by Gasteiger charge is 2.18. The van der Waals surface area contributed by atoms with Gasteiger partial charge in [0.25, 0.3) is 0 Å². The average molecular weight is 373 g/mol. The number of aromatic nitrogens is 2. The Kier molecular flexibility index (Phi) is 6.81. The second-order valence-electron chi connectivity index (χ2n) is 5.65. The minimum atomic E-state index is -1.75. The molecule has 0 spiro atoms. The number of aryl methyl sites for hydroxylation is 1. The highest BCUT2D eigenvalue weighted by molar-refractivity contribution is 5.85. The zero-order chi connectivity index (χ0) is 19.8. The van der Waals surface area contributed by atoms with Crippen LogP contribution in [0.25, 0.3) is 22.1 Å². The van der Waals surface area contributed by atoms with Crippen molar-refractivity contribution in [2.45, 2.75) is 25.8 Å². The fraction of sp³-hybridized carbons (Fsp3) is 0.278. The van der Waals surface area contributed by atoms with Crippen LogP contribution in [0.4, 0.5) is 0 Å². The highest BCUT2D eigenvalue weighted by Crippen LogP contribution is 2.23. The normalized spacial score (nSPS) is 10.3. The first-order chi connectivity index (χ1) is 12.9. The molecule has 142 valence electrons. The number of benzene rings is 2. The molecule has 0 atom stereocenters. The van der Waals surface area contributed by atoms with E-state index in [1.807, 2.05) is 42.5 Å². The molecular formula is C18H19N3O6. The van der Waals surface area contributed by atoms with E-state index in [1.165, 1.54) is 0 Å². The predicted molar refractivity (Wildman–Crippen MR) is 97.8 cm³/mol. The minimum absolute atomic E-state index is 0.199. The summed E-state index contributed by atoms with van der Waals surface area (Å²) in [7, 11) is 1.64. The van der Waals surface area contributed by atoms with Gasteiger partial charge in [0, 0.05) is 25.0 Å². The average Bonchev–Trinajstić information content (AvgIpc) is 2.63. The van der Waals surface area contributed by atoms with Gasteiger partial charge in [-0.25, -0.2) is 4.98 Å². The molecule has 1 aromatic heterocycles. The number of nitrogens with zero attached hydrogens (tertiary/aromatic N) is 3. The van der Waals surface area contributed by atoms with E-state index < -0.39 is 11.1 Å². The van der Waals surface area contributed by atoms with Crippen molar-refractivity contribution in [3.05, 3.63) is 57.8 Å². The third-order valence-electron chi connectivity index (χ3n) is 3.92. The number of hydrogen-bond acceptors (Lipinski definition) is 6. The Balaban J connectivity index is 0.000000596. The molecule has 0 saturated heterocycles. The number of unbranched alkanes of at least 4 members (excludes halogenated alkanes) is 1. The van der Waals surface area contributed by atoms with Crippen molar-refractivity contribution in [2.75, 3.05) is 7.11 Å². The lowest BCUT2D eigenvalue weighted by Crippen LogP contribution is -2.36. The Bertz CT molecular complexity index is 956. The number of carboxylic acids is 1. The monoisotopic (exact) mass is 373 g/mol. The molecule has 0 fully saturated rings. The van der Waals surface area contributed by atoms with Crippen LogP contribution in [0, 0.1) is 15.3 Å². The molecular weight excluding hydrogens is 354 g/mol. The molecule has 1 heterocycles.